The molecule has 2 heterocycles. The van der Waals surface area contributed by atoms with Crippen LogP contribution in [0.3, 0.4) is 0 Å². The van der Waals surface area contributed by atoms with Gasteiger partial charge in [0, 0.05) is 22.7 Å². The van der Waals surface area contributed by atoms with Crippen LogP contribution in [0.15, 0.2) is 77.7 Å². The van der Waals surface area contributed by atoms with Crippen molar-refractivity contribution in [3.05, 3.63) is 78.5 Å². The topological polar surface area (TPSA) is 29.0 Å². The van der Waals surface area contributed by atoms with Crippen molar-refractivity contribution in [3.8, 4) is 11.3 Å². The SMILES string of the molecule is CN(C)Cc1ccc2ccc3ccc4ccc(-c5ccccc5[S-])nc4c3c2n1.[Cu+2]. The Bertz CT molecular complexity index is 1380. The first-order valence-electron chi connectivity index (χ1n) is 9.63. The first kappa shape index (κ1) is 20.7. The molecular weight excluding hydrogens is 438 g/mol. The Morgan fingerprint density at radius 3 is 2.03 bits per heavy atom. The minimum absolute atomic E-state index is 0. The number of nitrogens with zero attached hydrogens (tertiary/aromatic N) is 3. The van der Waals surface area contributed by atoms with E-state index in [-0.39, 0.29) is 17.1 Å². The summed E-state index contributed by atoms with van der Waals surface area (Å²) in [7, 11) is 4.12. The number of hydrogen-bond acceptors (Lipinski definition) is 4. The van der Waals surface area contributed by atoms with Gasteiger partial charge in [0.15, 0.2) is 0 Å². The average Bonchev–Trinajstić information content (AvgIpc) is 2.72. The molecule has 0 spiro atoms. The molecule has 3 aromatic carbocycles. The van der Waals surface area contributed by atoms with Crippen LogP contribution in [0.1, 0.15) is 5.69 Å². The van der Waals surface area contributed by atoms with E-state index < -0.39 is 0 Å². The molecule has 0 bridgehead atoms. The second-order valence-corrected chi connectivity index (χ2v) is 8.05. The molecule has 3 nitrogen and oxygen atoms in total. The molecule has 5 rings (SSSR count). The van der Waals surface area contributed by atoms with Crippen LogP contribution in [0.4, 0.5) is 0 Å². The summed E-state index contributed by atoms with van der Waals surface area (Å²) in [5.41, 5.74) is 4.92. The Morgan fingerprint density at radius 1 is 0.733 bits per heavy atom. The van der Waals surface area contributed by atoms with Gasteiger partial charge in [-0.25, -0.2) is 4.98 Å². The molecule has 0 saturated heterocycles. The van der Waals surface area contributed by atoms with Crippen molar-refractivity contribution in [1.29, 1.82) is 0 Å². The fraction of sp³-hybridized carbons (Fsp3) is 0.120. The summed E-state index contributed by atoms with van der Waals surface area (Å²) in [6.45, 7) is 0.805. The largest absolute Gasteiger partial charge is 2.00 e. The molecule has 0 atom stereocenters. The summed E-state index contributed by atoms with van der Waals surface area (Å²) >= 11 is 5.53. The van der Waals surface area contributed by atoms with Crippen molar-refractivity contribution in [3.63, 3.8) is 0 Å². The molecule has 0 unspecified atom stereocenters. The van der Waals surface area contributed by atoms with Gasteiger partial charge in [-0.15, -0.1) is 0 Å². The summed E-state index contributed by atoms with van der Waals surface area (Å²) in [6, 6.07) is 25.0. The molecular formula is C25H20CuN3S+. The van der Waals surface area contributed by atoms with Gasteiger partial charge in [-0.2, -0.15) is 4.90 Å². The molecule has 2 aromatic heterocycles. The predicted molar refractivity (Wildman–Crippen MR) is 123 cm³/mol. The molecule has 0 aliphatic carbocycles. The number of hydrogen-bond donors (Lipinski definition) is 0. The fourth-order valence-corrected chi connectivity index (χ4v) is 4.11. The molecule has 0 N–H and O–H groups in total. The van der Waals surface area contributed by atoms with Gasteiger partial charge in [-0.3, -0.25) is 4.98 Å². The Balaban J connectivity index is 0.00000218. The minimum Gasteiger partial charge on any atom is -0.779 e. The van der Waals surface area contributed by atoms with E-state index in [0.29, 0.717) is 0 Å². The van der Waals surface area contributed by atoms with E-state index in [0.717, 1.165) is 61.0 Å². The van der Waals surface area contributed by atoms with Crippen LogP contribution in [0.2, 0.25) is 0 Å². The Labute approximate surface area is 192 Å². The molecule has 0 fully saturated rings. The van der Waals surface area contributed by atoms with Gasteiger partial charge in [0.1, 0.15) is 0 Å². The summed E-state index contributed by atoms with van der Waals surface area (Å²) in [6.07, 6.45) is 0. The second-order valence-electron chi connectivity index (χ2n) is 7.61. The van der Waals surface area contributed by atoms with Gasteiger partial charge >= 0.3 is 17.1 Å². The molecule has 0 saturated carbocycles. The zero-order chi connectivity index (χ0) is 20.0. The molecule has 30 heavy (non-hydrogen) atoms. The van der Waals surface area contributed by atoms with E-state index >= 15 is 0 Å². The fourth-order valence-electron chi connectivity index (χ4n) is 3.86. The molecule has 151 valence electrons. The third kappa shape index (κ3) is 3.66. The Kier molecular flexibility index (Phi) is 5.72. The van der Waals surface area contributed by atoms with Crippen molar-refractivity contribution in [2.24, 2.45) is 0 Å². The van der Waals surface area contributed by atoms with Crippen LogP contribution in [0.25, 0.3) is 43.8 Å². The standard InChI is InChI=1S/C25H21N3S.Cu/c1-28(2)15-19-13-11-17-9-7-16-8-10-18-12-14-21(20-5-3-4-6-22(20)29)27-25(18)23(16)24(17)26-19;/h3-14,29H,15H2,1-2H3;/q;+2/p-1. The number of rotatable bonds is 3. The molecule has 1 radical (unpaired) electrons. The zero-order valence-corrected chi connectivity index (χ0v) is 18.4. The maximum Gasteiger partial charge on any atom is 2.00 e. The summed E-state index contributed by atoms with van der Waals surface area (Å²) in [4.78, 5) is 13.0. The van der Waals surface area contributed by atoms with E-state index in [2.05, 4.69) is 67.5 Å². The zero-order valence-electron chi connectivity index (χ0n) is 16.7. The van der Waals surface area contributed by atoms with Gasteiger partial charge in [0.05, 0.1) is 22.4 Å². The van der Waals surface area contributed by atoms with Gasteiger partial charge in [0.2, 0.25) is 0 Å². The third-order valence-corrected chi connectivity index (χ3v) is 5.55. The second kappa shape index (κ2) is 8.29. The van der Waals surface area contributed by atoms with Crippen LogP contribution < -0.4 is 0 Å². The third-order valence-electron chi connectivity index (χ3n) is 5.20. The Morgan fingerprint density at radius 2 is 1.33 bits per heavy atom. The number of pyridine rings is 2. The average molecular weight is 458 g/mol. The van der Waals surface area contributed by atoms with Crippen molar-refractivity contribution in [2.45, 2.75) is 11.4 Å². The quantitative estimate of drug-likeness (QED) is 0.201. The van der Waals surface area contributed by atoms with Gasteiger partial charge in [-0.05, 0) is 37.2 Å². The molecule has 0 amide bonds. The van der Waals surface area contributed by atoms with E-state index in [1.807, 2.05) is 24.3 Å². The summed E-state index contributed by atoms with van der Waals surface area (Å²) < 4.78 is 0. The smallest absolute Gasteiger partial charge is 0.779 e. The van der Waals surface area contributed by atoms with Gasteiger partial charge in [-0.1, -0.05) is 60.7 Å². The van der Waals surface area contributed by atoms with Crippen LogP contribution >= 0.6 is 0 Å². The first-order chi connectivity index (χ1) is 14.1. The minimum atomic E-state index is 0. The molecule has 5 heteroatoms. The van der Waals surface area contributed by atoms with Crippen LogP contribution in [-0.2, 0) is 36.2 Å². The summed E-state index contributed by atoms with van der Waals surface area (Å²) in [5, 5.41) is 4.49. The van der Waals surface area contributed by atoms with E-state index in [1.54, 1.807) is 0 Å². The van der Waals surface area contributed by atoms with Crippen molar-refractivity contribution < 1.29 is 17.1 Å². The normalized spacial score (nSPS) is 11.3. The van der Waals surface area contributed by atoms with E-state index in [9.17, 15) is 0 Å². The number of fused-ring (bicyclic) bond motifs is 5. The molecule has 5 aromatic rings. The monoisotopic (exact) mass is 457 g/mol. The van der Waals surface area contributed by atoms with Crippen molar-refractivity contribution >= 4 is 45.2 Å². The molecule has 0 aliphatic rings. The van der Waals surface area contributed by atoms with Crippen molar-refractivity contribution in [1.82, 2.24) is 14.9 Å². The van der Waals surface area contributed by atoms with Crippen LogP contribution in [-0.4, -0.2) is 29.0 Å². The van der Waals surface area contributed by atoms with Crippen molar-refractivity contribution in [2.75, 3.05) is 14.1 Å². The summed E-state index contributed by atoms with van der Waals surface area (Å²) in [5.74, 6) is 0. The number of aromatic nitrogens is 2. The number of benzene rings is 3. The van der Waals surface area contributed by atoms with Crippen LogP contribution in [0.5, 0.6) is 0 Å². The van der Waals surface area contributed by atoms with Gasteiger partial charge < -0.3 is 17.5 Å². The van der Waals surface area contributed by atoms with E-state index in [4.69, 9.17) is 22.6 Å². The van der Waals surface area contributed by atoms with Gasteiger partial charge in [0.25, 0.3) is 0 Å². The first-order valence-corrected chi connectivity index (χ1v) is 10.0. The van der Waals surface area contributed by atoms with Crippen LogP contribution in [0, 0.1) is 0 Å². The Hall–Kier alpha value is -2.56. The van der Waals surface area contributed by atoms with E-state index in [1.165, 1.54) is 0 Å². The maximum atomic E-state index is 5.53. The maximum absolute atomic E-state index is 5.53. The molecule has 0 aliphatic heterocycles. The predicted octanol–water partition coefficient (Wildman–Crippen LogP) is 5.57.